The molecule has 1 aliphatic heterocycles. The van der Waals surface area contributed by atoms with Crippen molar-refractivity contribution in [2.24, 2.45) is 5.92 Å². The number of rotatable bonds is 3. The summed E-state index contributed by atoms with van der Waals surface area (Å²) in [6, 6.07) is 7.46. The van der Waals surface area contributed by atoms with E-state index in [1.54, 1.807) is 23.2 Å². The molecule has 26 heavy (non-hydrogen) atoms. The second-order valence-corrected chi connectivity index (χ2v) is 6.32. The van der Waals surface area contributed by atoms with Crippen LogP contribution in [0, 0.1) is 12.8 Å². The van der Waals surface area contributed by atoms with Gasteiger partial charge in [-0.15, -0.1) is 0 Å². The third-order valence-corrected chi connectivity index (χ3v) is 4.39. The van der Waals surface area contributed by atoms with Crippen LogP contribution >= 0.6 is 0 Å². The van der Waals surface area contributed by atoms with Crippen molar-refractivity contribution < 1.29 is 18.0 Å². The molecule has 0 unspecified atom stereocenters. The molecule has 0 aromatic carbocycles. The lowest BCUT2D eigenvalue weighted by molar-refractivity contribution is -0.141. The summed E-state index contributed by atoms with van der Waals surface area (Å²) < 4.78 is 38.6. The fraction of sp³-hybridized carbons (Fsp3) is 0.389. The molecule has 2 aromatic rings. The standard InChI is InChI=1S/C18H19F3N4O/c1-12-5-3-9-22-16(12)24-17(26)13-6-4-10-25(11-13)15-8-2-7-14(23-15)18(19,20)21/h2-3,5,7-9,13H,4,6,10-11H2,1H3,(H,22,24,26)/t13-/m1/s1. The maximum absolute atomic E-state index is 12.9. The van der Waals surface area contributed by atoms with Gasteiger partial charge in [-0.25, -0.2) is 9.97 Å². The number of amides is 1. The lowest BCUT2D eigenvalue weighted by Crippen LogP contribution is -2.41. The first kappa shape index (κ1) is 18.2. The van der Waals surface area contributed by atoms with Crippen LogP contribution in [0.2, 0.25) is 0 Å². The molecule has 0 radical (unpaired) electrons. The Morgan fingerprint density at radius 2 is 2.08 bits per heavy atom. The van der Waals surface area contributed by atoms with Crippen molar-refractivity contribution in [1.82, 2.24) is 9.97 Å². The number of anilines is 2. The number of hydrogen-bond acceptors (Lipinski definition) is 4. The third kappa shape index (κ3) is 4.12. The van der Waals surface area contributed by atoms with E-state index in [9.17, 15) is 18.0 Å². The zero-order chi connectivity index (χ0) is 18.7. The SMILES string of the molecule is Cc1cccnc1NC(=O)[C@@H]1CCCN(c2cccc(C(F)(F)F)n2)C1. The van der Waals surface area contributed by atoms with E-state index in [1.165, 1.54) is 6.07 Å². The minimum atomic E-state index is -4.49. The van der Waals surface area contributed by atoms with Gasteiger partial charge >= 0.3 is 6.18 Å². The van der Waals surface area contributed by atoms with E-state index >= 15 is 0 Å². The second kappa shape index (κ2) is 7.31. The van der Waals surface area contributed by atoms with E-state index < -0.39 is 11.9 Å². The van der Waals surface area contributed by atoms with Gasteiger partial charge in [0.25, 0.3) is 0 Å². The van der Waals surface area contributed by atoms with Gasteiger partial charge in [0, 0.05) is 19.3 Å². The van der Waals surface area contributed by atoms with Crippen molar-refractivity contribution in [3.8, 4) is 0 Å². The van der Waals surface area contributed by atoms with Crippen molar-refractivity contribution in [3.05, 3.63) is 47.8 Å². The number of carbonyl (C=O) groups is 1. The minimum absolute atomic E-state index is 0.177. The molecule has 1 atom stereocenters. The fourth-order valence-corrected chi connectivity index (χ4v) is 2.99. The molecule has 1 aliphatic rings. The Morgan fingerprint density at radius 1 is 1.27 bits per heavy atom. The smallest absolute Gasteiger partial charge is 0.356 e. The first-order valence-corrected chi connectivity index (χ1v) is 8.36. The highest BCUT2D eigenvalue weighted by atomic mass is 19.4. The third-order valence-electron chi connectivity index (χ3n) is 4.39. The minimum Gasteiger partial charge on any atom is -0.356 e. The molecule has 0 bridgehead atoms. The van der Waals surface area contributed by atoms with Crippen LogP contribution in [0.4, 0.5) is 24.8 Å². The average molecular weight is 364 g/mol. The highest BCUT2D eigenvalue weighted by molar-refractivity contribution is 5.92. The number of halogens is 3. The van der Waals surface area contributed by atoms with Gasteiger partial charge in [-0.2, -0.15) is 13.2 Å². The summed E-state index contributed by atoms with van der Waals surface area (Å²) in [5.74, 6) is 0.239. The largest absolute Gasteiger partial charge is 0.433 e. The van der Waals surface area contributed by atoms with Gasteiger partial charge in [-0.05, 0) is 43.5 Å². The Hall–Kier alpha value is -2.64. The van der Waals surface area contributed by atoms with E-state index in [1.807, 2.05) is 13.0 Å². The van der Waals surface area contributed by atoms with E-state index in [4.69, 9.17) is 0 Å². The molecule has 3 heterocycles. The molecular weight excluding hydrogens is 345 g/mol. The molecule has 8 heteroatoms. The second-order valence-electron chi connectivity index (χ2n) is 6.32. The molecule has 1 amide bonds. The lowest BCUT2D eigenvalue weighted by Gasteiger charge is -2.33. The van der Waals surface area contributed by atoms with Gasteiger partial charge in [0.05, 0.1) is 5.92 Å². The highest BCUT2D eigenvalue weighted by Gasteiger charge is 2.33. The molecule has 0 saturated carbocycles. The topological polar surface area (TPSA) is 58.1 Å². The predicted octanol–water partition coefficient (Wildman–Crippen LogP) is 3.66. The van der Waals surface area contributed by atoms with Gasteiger partial charge in [-0.3, -0.25) is 4.79 Å². The average Bonchev–Trinajstić information content (AvgIpc) is 2.63. The molecule has 138 valence electrons. The maximum atomic E-state index is 12.9. The van der Waals surface area contributed by atoms with Crippen molar-refractivity contribution in [2.45, 2.75) is 25.9 Å². The fourth-order valence-electron chi connectivity index (χ4n) is 2.99. The Bertz CT molecular complexity index is 794. The number of piperidine rings is 1. The van der Waals surface area contributed by atoms with Gasteiger partial charge in [0.15, 0.2) is 0 Å². The molecule has 3 rings (SSSR count). The van der Waals surface area contributed by atoms with Crippen LogP contribution in [0.15, 0.2) is 36.5 Å². The van der Waals surface area contributed by atoms with Crippen molar-refractivity contribution in [2.75, 3.05) is 23.3 Å². The summed E-state index contributed by atoms with van der Waals surface area (Å²) in [6.45, 7) is 2.75. The summed E-state index contributed by atoms with van der Waals surface area (Å²) in [4.78, 5) is 22.1. The maximum Gasteiger partial charge on any atom is 0.433 e. The van der Waals surface area contributed by atoms with Crippen LogP contribution in [-0.4, -0.2) is 29.0 Å². The Balaban J connectivity index is 1.71. The highest BCUT2D eigenvalue weighted by Crippen LogP contribution is 2.30. The molecule has 0 aliphatic carbocycles. The first-order chi connectivity index (χ1) is 12.3. The van der Waals surface area contributed by atoms with Gasteiger partial charge < -0.3 is 10.2 Å². The van der Waals surface area contributed by atoms with Crippen LogP contribution < -0.4 is 10.2 Å². The number of carbonyl (C=O) groups excluding carboxylic acids is 1. The van der Waals surface area contributed by atoms with Crippen LogP contribution in [0.25, 0.3) is 0 Å². The summed E-state index contributed by atoms with van der Waals surface area (Å²) in [6.07, 6.45) is -1.51. The van der Waals surface area contributed by atoms with E-state index in [0.717, 1.165) is 11.6 Å². The first-order valence-electron chi connectivity index (χ1n) is 8.36. The van der Waals surface area contributed by atoms with Crippen molar-refractivity contribution in [1.29, 1.82) is 0 Å². The quantitative estimate of drug-likeness (QED) is 0.903. The summed E-state index contributed by atoms with van der Waals surface area (Å²) >= 11 is 0. The normalized spacial score (nSPS) is 17.8. The van der Waals surface area contributed by atoms with E-state index in [-0.39, 0.29) is 17.6 Å². The Kier molecular flexibility index (Phi) is 5.11. The number of hydrogen-bond donors (Lipinski definition) is 1. The number of aryl methyl sites for hydroxylation is 1. The number of pyridine rings is 2. The van der Waals surface area contributed by atoms with Gasteiger partial charge in [0.1, 0.15) is 17.3 Å². The van der Waals surface area contributed by atoms with Gasteiger partial charge in [-0.1, -0.05) is 12.1 Å². The summed E-state index contributed by atoms with van der Waals surface area (Å²) in [5.41, 5.74) is -0.0706. The number of alkyl halides is 3. The van der Waals surface area contributed by atoms with Gasteiger partial charge in [0.2, 0.25) is 5.91 Å². The Morgan fingerprint density at radius 3 is 2.81 bits per heavy atom. The van der Waals surface area contributed by atoms with E-state index in [0.29, 0.717) is 31.7 Å². The lowest BCUT2D eigenvalue weighted by atomic mass is 9.97. The van der Waals surface area contributed by atoms with Crippen molar-refractivity contribution >= 4 is 17.5 Å². The molecular formula is C18H19F3N4O. The van der Waals surface area contributed by atoms with Crippen molar-refractivity contribution in [3.63, 3.8) is 0 Å². The predicted molar refractivity (Wildman–Crippen MR) is 91.8 cm³/mol. The zero-order valence-corrected chi connectivity index (χ0v) is 14.3. The molecule has 1 saturated heterocycles. The van der Waals surface area contributed by atoms with Crippen LogP contribution in [-0.2, 0) is 11.0 Å². The molecule has 5 nitrogen and oxygen atoms in total. The summed E-state index contributed by atoms with van der Waals surface area (Å²) in [5, 5.41) is 2.81. The molecule has 0 spiro atoms. The van der Waals surface area contributed by atoms with Crippen LogP contribution in [0.1, 0.15) is 24.1 Å². The number of nitrogens with zero attached hydrogens (tertiary/aromatic N) is 3. The molecule has 2 aromatic heterocycles. The van der Waals surface area contributed by atoms with Crippen LogP contribution in [0.3, 0.4) is 0 Å². The summed E-state index contributed by atoms with van der Waals surface area (Å²) in [7, 11) is 0. The molecule has 1 fully saturated rings. The number of aromatic nitrogens is 2. The Labute approximate surface area is 149 Å². The number of nitrogens with one attached hydrogen (secondary N) is 1. The monoisotopic (exact) mass is 364 g/mol. The molecule has 1 N–H and O–H groups in total. The zero-order valence-electron chi connectivity index (χ0n) is 14.3. The van der Waals surface area contributed by atoms with E-state index in [2.05, 4.69) is 15.3 Å². The van der Waals surface area contributed by atoms with Crippen LogP contribution in [0.5, 0.6) is 0 Å².